The molecule has 0 fully saturated rings. The molecule has 38 heavy (non-hydrogen) atoms. The van der Waals surface area contributed by atoms with E-state index in [1.54, 1.807) is 42.6 Å². The number of carbonyl (C=O) groups excluding carboxylic acids is 2. The highest BCUT2D eigenvalue weighted by molar-refractivity contribution is 6.01. The van der Waals surface area contributed by atoms with Gasteiger partial charge in [0.25, 0.3) is 0 Å². The molecule has 0 bridgehead atoms. The van der Waals surface area contributed by atoms with Crippen LogP contribution < -0.4 is 14.8 Å². The monoisotopic (exact) mass is 514 g/mol. The zero-order valence-electron chi connectivity index (χ0n) is 22.2. The molecule has 0 aliphatic heterocycles. The Kier molecular flexibility index (Phi) is 10.7. The van der Waals surface area contributed by atoms with Crippen LogP contribution in [0.25, 0.3) is 0 Å². The Balaban J connectivity index is 1.46. The maximum absolute atomic E-state index is 12.5. The van der Waals surface area contributed by atoms with Gasteiger partial charge in [-0.2, -0.15) is 0 Å². The number of aromatic nitrogens is 1. The lowest BCUT2D eigenvalue weighted by Gasteiger charge is -2.10. The molecule has 0 aliphatic rings. The third-order valence-electron chi connectivity index (χ3n) is 5.64. The van der Waals surface area contributed by atoms with Gasteiger partial charge in [-0.1, -0.05) is 35.4 Å². The number of benzene rings is 2. The van der Waals surface area contributed by atoms with Crippen molar-refractivity contribution in [1.82, 2.24) is 4.98 Å². The first kappa shape index (κ1) is 28.2. The minimum absolute atomic E-state index is 0.0946. The van der Waals surface area contributed by atoms with Gasteiger partial charge in [0.1, 0.15) is 11.5 Å². The Labute approximate surface area is 224 Å². The highest BCUT2D eigenvalue weighted by Gasteiger charge is 2.13. The smallest absolute Gasteiger partial charge is 0.339 e. The quantitative estimate of drug-likeness (QED) is 0.197. The molecule has 2 aromatic carbocycles. The molecule has 3 aromatic rings. The average Bonchev–Trinajstić information content (AvgIpc) is 2.90. The number of para-hydroxylation sites is 1. The molecule has 0 radical (unpaired) electrons. The number of allylic oxidation sites excluding steroid dienone is 2. The van der Waals surface area contributed by atoms with Crippen molar-refractivity contribution >= 4 is 17.6 Å². The molecular formula is C31H34N2O5. The Morgan fingerprint density at radius 2 is 1.71 bits per heavy atom. The van der Waals surface area contributed by atoms with Crippen molar-refractivity contribution in [2.75, 3.05) is 19.0 Å². The van der Waals surface area contributed by atoms with Gasteiger partial charge in [0.15, 0.2) is 0 Å². The number of pyridine rings is 1. The average molecular weight is 515 g/mol. The van der Waals surface area contributed by atoms with Gasteiger partial charge >= 0.3 is 5.97 Å². The van der Waals surface area contributed by atoms with Crippen LogP contribution >= 0.6 is 0 Å². The number of hydrogen-bond acceptors (Lipinski definition) is 6. The summed E-state index contributed by atoms with van der Waals surface area (Å²) in [6, 6.07) is 17.5. The van der Waals surface area contributed by atoms with E-state index in [-0.39, 0.29) is 12.3 Å². The summed E-state index contributed by atoms with van der Waals surface area (Å²) in [6.07, 6.45) is 6.83. The number of esters is 1. The van der Waals surface area contributed by atoms with Crippen LogP contribution in [0.1, 0.15) is 49.0 Å². The fraction of sp³-hybridized carbons (Fsp3) is 0.258. The Bertz CT molecular complexity index is 1260. The number of amides is 1. The molecule has 198 valence electrons. The summed E-state index contributed by atoms with van der Waals surface area (Å²) in [5.74, 6) is 1.03. The van der Waals surface area contributed by atoms with E-state index in [2.05, 4.69) is 29.9 Å². The third-order valence-corrected chi connectivity index (χ3v) is 5.64. The largest absolute Gasteiger partial charge is 0.493 e. The molecule has 7 heteroatoms. The van der Waals surface area contributed by atoms with Gasteiger partial charge in [-0.15, -0.1) is 6.58 Å². The minimum atomic E-state index is -0.513. The molecule has 0 saturated carbocycles. The van der Waals surface area contributed by atoms with Crippen LogP contribution in [0.4, 0.5) is 5.69 Å². The molecule has 1 N–H and O–H groups in total. The predicted octanol–water partition coefficient (Wildman–Crippen LogP) is 6.91. The topological polar surface area (TPSA) is 86.8 Å². The van der Waals surface area contributed by atoms with Crippen molar-refractivity contribution in [1.29, 1.82) is 0 Å². The fourth-order valence-corrected chi connectivity index (χ4v) is 3.56. The van der Waals surface area contributed by atoms with Crippen LogP contribution in [0.2, 0.25) is 0 Å². The first-order valence-corrected chi connectivity index (χ1v) is 12.5. The lowest BCUT2D eigenvalue weighted by molar-refractivity contribution is -0.115. The lowest BCUT2D eigenvalue weighted by atomic mass is 10.1. The van der Waals surface area contributed by atoms with Crippen LogP contribution in [0, 0.1) is 0 Å². The van der Waals surface area contributed by atoms with Gasteiger partial charge in [-0.25, -0.2) is 9.78 Å². The number of rotatable bonds is 13. The van der Waals surface area contributed by atoms with Crippen molar-refractivity contribution in [3.63, 3.8) is 0 Å². The van der Waals surface area contributed by atoms with Crippen LogP contribution in [0.15, 0.2) is 90.7 Å². The number of nitrogens with one attached hydrogen (secondary N) is 1. The van der Waals surface area contributed by atoms with E-state index in [0.29, 0.717) is 35.1 Å². The second kappa shape index (κ2) is 14.4. The molecule has 1 aromatic heterocycles. The molecular weight excluding hydrogens is 480 g/mol. The van der Waals surface area contributed by atoms with Gasteiger partial charge in [0, 0.05) is 18.7 Å². The van der Waals surface area contributed by atoms with E-state index in [0.717, 1.165) is 25.0 Å². The summed E-state index contributed by atoms with van der Waals surface area (Å²) in [7, 11) is 1.30. The second-order valence-electron chi connectivity index (χ2n) is 8.98. The summed E-state index contributed by atoms with van der Waals surface area (Å²) in [5.41, 5.74) is 3.90. The van der Waals surface area contributed by atoms with Gasteiger partial charge in [0.05, 0.1) is 31.4 Å². The third kappa shape index (κ3) is 9.24. The van der Waals surface area contributed by atoms with Crippen molar-refractivity contribution in [2.24, 2.45) is 0 Å². The number of anilines is 1. The summed E-state index contributed by atoms with van der Waals surface area (Å²) in [4.78, 5) is 28.7. The van der Waals surface area contributed by atoms with Crippen LogP contribution in [-0.2, 0) is 16.0 Å². The number of nitrogens with zero attached hydrogens (tertiary/aromatic N) is 1. The zero-order valence-corrected chi connectivity index (χ0v) is 22.2. The number of methoxy groups -OCH3 is 1. The molecule has 3 rings (SSSR count). The van der Waals surface area contributed by atoms with E-state index in [9.17, 15) is 9.59 Å². The van der Waals surface area contributed by atoms with Crippen molar-refractivity contribution in [3.8, 4) is 17.4 Å². The maximum atomic E-state index is 12.5. The Hall–Kier alpha value is -4.39. The van der Waals surface area contributed by atoms with Gasteiger partial charge < -0.3 is 19.5 Å². The van der Waals surface area contributed by atoms with Crippen LogP contribution in [-0.4, -0.2) is 30.6 Å². The standard InChI is InChI=1S/C31H34N2O5/c1-22(2)8-7-9-23(3)18-19-37-25-13-15-26(16-14-25)38-30-17-12-24(21-32-30)20-29(34)33-28-11-6-5-10-27(28)31(35)36-4/h5-6,9-17,21H,1,7-8,18-20H2,2-4H3,(H,33,34)/b23-9+. The summed E-state index contributed by atoms with van der Waals surface area (Å²) in [5, 5.41) is 2.75. The van der Waals surface area contributed by atoms with Crippen molar-refractivity contribution in [3.05, 3.63) is 102 Å². The maximum Gasteiger partial charge on any atom is 0.339 e. The van der Waals surface area contributed by atoms with E-state index in [4.69, 9.17) is 14.2 Å². The predicted molar refractivity (Wildman–Crippen MR) is 149 cm³/mol. The molecule has 0 spiro atoms. The van der Waals surface area contributed by atoms with E-state index in [1.807, 2.05) is 31.2 Å². The molecule has 0 atom stereocenters. The van der Waals surface area contributed by atoms with E-state index < -0.39 is 5.97 Å². The van der Waals surface area contributed by atoms with E-state index >= 15 is 0 Å². The molecule has 0 saturated heterocycles. The van der Waals surface area contributed by atoms with Crippen LogP contribution in [0.5, 0.6) is 17.4 Å². The molecule has 7 nitrogen and oxygen atoms in total. The SMILES string of the molecule is C=C(C)CC/C=C(\C)CCOc1ccc(Oc2ccc(CC(=O)Nc3ccccc3C(=O)OC)cn2)cc1. The molecule has 1 heterocycles. The zero-order chi connectivity index (χ0) is 27.3. The van der Waals surface area contributed by atoms with Crippen molar-refractivity contribution in [2.45, 2.75) is 39.5 Å². The second-order valence-corrected chi connectivity index (χ2v) is 8.98. The lowest BCUT2D eigenvalue weighted by Crippen LogP contribution is -2.17. The summed E-state index contributed by atoms with van der Waals surface area (Å²) < 4.78 is 16.4. The molecule has 0 unspecified atom stereocenters. The first-order chi connectivity index (χ1) is 18.3. The minimum Gasteiger partial charge on any atom is -0.493 e. The van der Waals surface area contributed by atoms with Gasteiger partial charge in [0.2, 0.25) is 11.8 Å². The first-order valence-electron chi connectivity index (χ1n) is 12.5. The van der Waals surface area contributed by atoms with E-state index in [1.165, 1.54) is 18.3 Å². The van der Waals surface area contributed by atoms with Gasteiger partial charge in [-0.3, -0.25) is 4.79 Å². The highest BCUT2D eigenvalue weighted by Crippen LogP contribution is 2.23. The molecule has 0 aliphatic carbocycles. The Morgan fingerprint density at radius 3 is 2.39 bits per heavy atom. The van der Waals surface area contributed by atoms with Crippen LogP contribution in [0.3, 0.4) is 0 Å². The highest BCUT2D eigenvalue weighted by atomic mass is 16.5. The number of carbonyl (C=O) groups is 2. The Morgan fingerprint density at radius 1 is 0.974 bits per heavy atom. The number of ether oxygens (including phenoxy) is 3. The van der Waals surface area contributed by atoms with Gasteiger partial charge in [-0.05, 0) is 68.7 Å². The molecule has 1 amide bonds. The summed E-state index contributed by atoms with van der Waals surface area (Å²) in [6.45, 7) is 8.70. The fourth-order valence-electron chi connectivity index (χ4n) is 3.56. The summed E-state index contributed by atoms with van der Waals surface area (Å²) >= 11 is 0. The normalized spacial score (nSPS) is 11.0. The van der Waals surface area contributed by atoms with Crippen molar-refractivity contribution < 1.29 is 23.8 Å². The number of hydrogen-bond donors (Lipinski definition) is 1.